The van der Waals surface area contributed by atoms with Crippen molar-refractivity contribution in [1.82, 2.24) is 9.97 Å². The van der Waals surface area contributed by atoms with E-state index in [0.717, 1.165) is 24.8 Å². The molecule has 0 saturated carbocycles. The van der Waals surface area contributed by atoms with E-state index in [0.29, 0.717) is 10.7 Å². The standard InChI is InChI=1S/C18H12N4O3S3/c1-26-18-20-13-7-6-12-15(16(13)28-18)27-17(19-12)21-14(23)8-5-10-3-2-4-11(9-10)22(24)25/h2-9H,1H3,(H,19,21,23)/b8-5+. The minimum Gasteiger partial charge on any atom is -0.298 e. The summed E-state index contributed by atoms with van der Waals surface area (Å²) in [4.78, 5) is 31.6. The van der Waals surface area contributed by atoms with E-state index >= 15 is 0 Å². The second kappa shape index (κ2) is 7.66. The minimum atomic E-state index is -0.471. The number of fused-ring (bicyclic) bond motifs is 3. The average molecular weight is 429 g/mol. The smallest absolute Gasteiger partial charge is 0.270 e. The maximum absolute atomic E-state index is 12.2. The van der Waals surface area contributed by atoms with Gasteiger partial charge in [0, 0.05) is 18.2 Å². The van der Waals surface area contributed by atoms with E-state index in [1.807, 2.05) is 18.4 Å². The number of nitrogens with one attached hydrogen (secondary N) is 1. The number of nitro benzene ring substituents is 1. The van der Waals surface area contributed by atoms with Crippen LogP contribution in [0, 0.1) is 10.1 Å². The molecule has 1 amide bonds. The number of non-ortho nitro benzene ring substituents is 1. The molecule has 0 saturated heterocycles. The highest BCUT2D eigenvalue weighted by Crippen LogP contribution is 2.37. The third-order valence-corrected chi connectivity index (χ3v) is 7.01. The molecule has 0 unspecified atom stereocenters. The fourth-order valence-corrected chi connectivity index (χ4v) is 5.22. The molecule has 28 heavy (non-hydrogen) atoms. The molecule has 4 aromatic rings. The zero-order chi connectivity index (χ0) is 19.7. The fraction of sp³-hybridized carbons (Fsp3) is 0.0556. The normalized spacial score (nSPS) is 11.5. The summed E-state index contributed by atoms with van der Waals surface area (Å²) in [5, 5.41) is 14.1. The number of hydrogen-bond donors (Lipinski definition) is 1. The van der Waals surface area contributed by atoms with E-state index < -0.39 is 4.92 Å². The Morgan fingerprint density at radius 2 is 1.93 bits per heavy atom. The SMILES string of the molecule is CSc1nc2ccc3nc(NC(=O)/C=C/c4cccc([N+](=O)[O-])c4)sc3c2s1. The van der Waals surface area contributed by atoms with E-state index in [1.165, 1.54) is 35.6 Å². The van der Waals surface area contributed by atoms with Crippen LogP contribution in [0.1, 0.15) is 5.56 Å². The first-order valence-corrected chi connectivity index (χ1v) is 10.9. The fourth-order valence-electron chi connectivity index (χ4n) is 2.55. The Morgan fingerprint density at radius 1 is 1.18 bits per heavy atom. The summed E-state index contributed by atoms with van der Waals surface area (Å²) in [6.45, 7) is 0. The van der Waals surface area contributed by atoms with Crippen molar-refractivity contribution in [3.05, 3.63) is 58.2 Å². The summed E-state index contributed by atoms with van der Waals surface area (Å²) in [7, 11) is 0. The van der Waals surface area contributed by atoms with Crippen LogP contribution >= 0.6 is 34.4 Å². The number of nitro groups is 1. The van der Waals surface area contributed by atoms with Crippen molar-refractivity contribution < 1.29 is 9.72 Å². The van der Waals surface area contributed by atoms with Crippen LogP contribution in [0.3, 0.4) is 0 Å². The molecule has 0 atom stereocenters. The van der Waals surface area contributed by atoms with Crippen molar-refractivity contribution in [1.29, 1.82) is 0 Å². The molecule has 0 bridgehead atoms. The van der Waals surface area contributed by atoms with Gasteiger partial charge >= 0.3 is 0 Å². The van der Waals surface area contributed by atoms with Gasteiger partial charge in [0.15, 0.2) is 9.47 Å². The highest BCUT2D eigenvalue weighted by atomic mass is 32.2. The third kappa shape index (κ3) is 3.75. The van der Waals surface area contributed by atoms with Gasteiger partial charge in [-0.25, -0.2) is 9.97 Å². The Kier molecular flexibility index (Phi) is 5.07. The predicted octanol–water partition coefficient (Wildman–Crippen LogP) is 5.19. The number of thioether (sulfide) groups is 1. The molecule has 7 nitrogen and oxygen atoms in total. The van der Waals surface area contributed by atoms with Gasteiger partial charge in [0.1, 0.15) is 0 Å². The number of aromatic nitrogens is 2. The lowest BCUT2D eigenvalue weighted by molar-refractivity contribution is -0.384. The molecule has 2 aromatic carbocycles. The lowest BCUT2D eigenvalue weighted by atomic mass is 10.2. The van der Waals surface area contributed by atoms with Crippen LogP contribution in [0.25, 0.3) is 26.5 Å². The number of nitrogens with zero attached hydrogens (tertiary/aromatic N) is 3. The Hall–Kier alpha value is -2.82. The molecular formula is C18H12N4O3S3. The molecule has 0 radical (unpaired) electrons. The Bertz CT molecular complexity index is 1250. The largest absolute Gasteiger partial charge is 0.298 e. The van der Waals surface area contributed by atoms with Crippen molar-refractivity contribution in [3.63, 3.8) is 0 Å². The quantitative estimate of drug-likeness (QED) is 0.203. The number of rotatable bonds is 5. The van der Waals surface area contributed by atoms with Gasteiger partial charge in [-0.1, -0.05) is 35.2 Å². The van der Waals surface area contributed by atoms with Crippen LogP contribution in [0.5, 0.6) is 0 Å². The highest BCUT2D eigenvalue weighted by Gasteiger charge is 2.12. The van der Waals surface area contributed by atoms with Crippen molar-refractivity contribution in [2.24, 2.45) is 0 Å². The van der Waals surface area contributed by atoms with Gasteiger partial charge in [0.25, 0.3) is 5.69 Å². The molecule has 0 aliphatic carbocycles. The van der Waals surface area contributed by atoms with Gasteiger partial charge in [-0.2, -0.15) is 0 Å². The van der Waals surface area contributed by atoms with Gasteiger partial charge in [-0.05, 0) is 30.0 Å². The Morgan fingerprint density at radius 3 is 2.68 bits per heavy atom. The number of carbonyl (C=O) groups excluding carboxylic acids is 1. The van der Waals surface area contributed by atoms with E-state index in [4.69, 9.17) is 0 Å². The highest BCUT2D eigenvalue weighted by molar-refractivity contribution is 8.00. The molecule has 1 N–H and O–H groups in total. The summed E-state index contributed by atoms with van der Waals surface area (Å²) in [6.07, 6.45) is 4.85. The van der Waals surface area contributed by atoms with Gasteiger partial charge in [0.2, 0.25) is 5.91 Å². The summed E-state index contributed by atoms with van der Waals surface area (Å²) >= 11 is 4.61. The molecule has 140 valence electrons. The van der Waals surface area contributed by atoms with E-state index in [2.05, 4.69) is 15.3 Å². The van der Waals surface area contributed by atoms with Gasteiger partial charge < -0.3 is 0 Å². The zero-order valence-electron chi connectivity index (χ0n) is 14.4. The summed E-state index contributed by atoms with van der Waals surface area (Å²) in [5.74, 6) is -0.351. The minimum absolute atomic E-state index is 0.0214. The molecule has 0 aliphatic heterocycles. The lowest BCUT2D eigenvalue weighted by Gasteiger charge is -1.96. The van der Waals surface area contributed by atoms with Crippen LogP contribution < -0.4 is 5.32 Å². The molecule has 0 spiro atoms. The van der Waals surface area contributed by atoms with Crippen molar-refractivity contribution in [3.8, 4) is 0 Å². The monoisotopic (exact) mass is 428 g/mol. The first-order valence-electron chi connectivity index (χ1n) is 8.01. The number of thiazole rings is 2. The summed E-state index contributed by atoms with van der Waals surface area (Å²) < 4.78 is 3.04. The second-order valence-corrected chi connectivity index (χ2v) is 8.69. The third-order valence-electron chi connectivity index (χ3n) is 3.81. The molecule has 0 aliphatic rings. The molecule has 4 rings (SSSR count). The van der Waals surface area contributed by atoms with E-state index in [1.54, 1.807) is 35.2 Å². The van der Waals surface area contributed by atoms with Gasteiger partial charge in [-0.3, -0.25) is 20.2 Å². The van der Waals surface area contributed by atoms with E-state index in [9.17, 15) is 14.9 Å². The second-order valence-electron chi connectivity index (χ2n) is 5.64. The maximum Gasteiger partial charge on any atom is 0.270 e. The van der Waals surface area contributed by atoms with Gasteiger partial charge in [0.05, 0.1) is 25.4 Å². The number of carbonyl (C=O) groups is 1. The van der Waals surface area contributed by atoms with Crippen LogP contribution in [0.4, 0.5) is 10.8 Å². The summed E-state index contributed by atoms with van der Waals surface area (Å²) in [6, 6.07) is 9.91. The number of amides is 1. The lowest BCUT2D eigenvalue weighted by Crippen LogP contribution is -2.07. The first-order chi connectivity index (χ1) is 13.5. The molecule has 0 fully saturated rings. The van der Waals surface area contributed by atoms with Crippen LogP contribution in [0.15, 0.2) is 46.8 Å². The first kappa shape index (κ1) is 18.5. The van der Waals surface area contributed by atoms with E-state index in [-0.39, 0.29) is 11.6 Å². The van der Waals surface area contributed by atoms with Crippen LogP contribution in [-0.4, -0.2) is 27.1 Å². The summed E-state index contributed by atoms with van der Waals surface area (Å²) in [5.41, 5.74) is 2.29. The maximum atomic E-state index is 12.2. The van der Waals surface area contributed by atoms with Crippen LogP contribution in [0.2, 0.25) is 0 Å². The molecule has 10 heteroatoms. The van der Waals surface area contributed by atoms with Crippen molar-refractivity contribution in [2.75, 3.05) is 11.6 Å². The van der Waals surface area contributed by atoms with Crippen LogP contribution in [-0.2, 0) is 4.79 Å². The predicted molar refractivity (Wildman–Crippen MR) is 115 cm³/mol. The Balaban J connectivity index is 1.55. The molecule has 2 aromatic heterocycles. The average Bonchev–Trinajstić information content (AvgIpc) is 3.29. The topological polar surface area (TPSA) is 98.0 Å². The van der Waals surface area contributed by atoms with Crippen molar-refractivity contribution in [2.45, 2.75) is 4.34 Å². The molecular weight excluding hydrogens is 416 g/mol. The van der Waals surface area contributed by atoms with Crippen molar-refractivity contribution >= 4 is 77.7 Å². The number of benzene rings is 2. The molecule has 2 heterocycles. The Labute approximate surface area is 171 Å². The van der Waals surface area contributed by atoms with Gasteiger partial charge in [-0.15, -0.1) is 11.3 Å². The number of anilines is 1. The zero-order valence-corrected chi connectivity index (χ0v) is 16.9. The number of hydrogen-bond acceptors (Lipinski definition) is 8.